The third-order valence-corrected chi connectivity index (χ3v) is 13.8. The van der Waals surface area contributed by atoms with Gasteiger partial charge in [-0.25, -0.2) is 0 Å². The fraction of sp³-hybridized carbons (Fsp3) is 0.143. The molecular formula is C63H58O8. The van der Waals surface area contributed by atoms with Gasteiger partial charge in [-0.05, 0) is 166 Å². The highest BCUT2D eigenvalue weighted by Crippen LogP contribution is 2.46. The SMILES string of the molecule is C=C(/C=C\C(O)=C/C)Cc1cc(C(C)(c2ccc(O)cc2)c2ccc(C(C)(c3ccc(O)cc3)c3cc(Cc4ccc(O)cc4)c(O)c(Cc4ccc(O)cc4)c3)cc2)cc(Cc2ccc(O)cc2)c1O. The first-order valence-corrected chi connectivity index (χ1v) is 23.5. The normalized spacial score (nSPS) is 13.4. The zero-order chi connectivity index (χ0) is 50.5. The van der Waals surface area contributed by atoms with Gasteiger partial charge in [0.2, 0.25) is 0 Å². The van der Waals surface area contributed by atoms with Crippen molar-refractivity contribution in [1.82, 2.24) is 0 Å². The Balaban J connectivity index is 1.30. The molecule has 0 spiro atoms. The summed E-state index contributed by atoms with van der Waals surface area (Å²) in [5, 5.41) is 85.5. The number of phenols is 7. The maximum absolute atomic E-state index is 12.0. The third kappa shape index (κ3) is 10.7. The van der Waals surface area contributed by atoms with Crippen LogP contribution in [0.2, 0.25) is 0 Å². The Labute approximate surface area is 415 Å². The molecule has 2 atom stereocenters. The van der Waals surface area contributed by atoms with Crippen LogP contribution in [0.25, 0.3) is 0 Å². The molecule has 8 aromatic rings. The van der Waals surface area contributed by atoms with E-state index in [1.54, 1.807) is 85.8 Å². The fourth-order valence-corrected chi connectivity index (χ4v) is 9.47. The van der Waals surface area contributed by atoms with Gasteiger partial charge in [-0.3, -0.25) is 0 Å². The van der Waals surface area contributed by atoms with Gasteiger partial charge in [-0.15, -0.1) is 0 Å². The van der Waals surface area contributed by atoms with Crippen molar-refractivity contribution in [2.24, 2.45) is 0 Å². The van der Waals surface area contributed by atoms with E-state index in [2.05, 4.69) is 44.7 Å². The summed E-state index contributed by atoms with van der Waals surface area (Å²) in [5.74, 6) is 1.02. The topological polar surface area (TPSA) is 162 Å². The number of phenolic OH excluding ortho intramolecular Hbond substituents is 7. The molecule has 358 valence electrons. The minimum Gasteiger partial charge on any atom is -0.508 e. The van der Waals surface area contributed by atoms with E-state index in [-0.39, 0.29) is 52.4 Å². The predicted molar refractivity (Wildman–Crippen MR) is 281 cm³/mol. The fourth-order valence-electron chi connectivity index (χ4n) is 9.47. The van der Waals surface area contributed by atoms with Crippen LogP contribution in [0.5, 0.6) is 40.2 Å². The molecule has 0 aromatic heterocycles. The lowest BCUT2D eigenvalue weighted by Crippen LogP contribution is -2.28. The van der Waals surface area contributed by atoms with Crippen molar-refractivity contribution in [2.45, 2.75) is 57.3 Å². The van der Waals surface area contributed by atoms with Crippen LogP contribution in [0.3, 0.4) is 0 Å². The number of aromatic hydroxyl groups is 7. The first kappa shape index (κ1) is 48.8. The summed E-state index contributed by atoms with van der Waals surface area (Å²) in [6.07, 6.45) is 6.27. The molecule has 0 aliphatic rings. The first-order valence-electron chi connectivity index (χ1n) is 23.5. The van der Waals surface area contributed by atoms with Crippen LogP contribution in [-0.2, 0) is 36.5 Å². The van der Waals surface area contributed by atoms with Crippen molar-refractivity contribution in [1.29, 1.82) is 0 Å². The zero-order valence-corrected chi connectivity index (χ0v) is 40.0. The molecule has 71 heavy (non-hydrogen) atoms. The lowest BCUT2D eigenvalue weighted by Gasteiger charge is -2.36. The standard InChI is InChI=1S/C63H58O8/c1-5-54(64)21-6-40(2)32-44-36-52(37-45(60(44)70)33-41-7-22-55(65)23-8-41)62(3,50-17-28-58(68)29-18-50)48-13-15-49(16-14-48)63(4,51-19-30-59(69)31-20-51)53-38-46(34-42-9-24-56(66)25-10-42)61(71)47(39-53)35-43-11-26-57(67)27-12-43/h5-31,36-39,64-71H,2,32-35H2,1,3-4H3/b21-6-,54-5+. The van der Waals surface area contributed by atoms with Gasteiger partial charge in [-0.2, -0.15) is 0 Å². The van der Waals surface area contributed by atoms with Crippen LogP contribution >= 0.6 is 0 Å². The van der Waals surface area contributed by atoms with E-state index in [1.807, 2.05) is 84.9 Å². The number of rotatable bonds is 16. The van der Waals surface area contributed by atoms with E-state index in [0.717, 1.165) is 50.1 Å². The molecule has 8 heteroatoms. The second kappa shape index (κ2) is 20.5. The highest BCUT2D eigenvalue weighted by molar-refractivity contribution is 5.60. The summed E-state index contributed by atoms with van der Waals surface area (Å²) in [5.41, 5.74) is 9.62. The van der Waals surface area contributed by atoms with E-state index < -0.39 is 10.8 Å². The molecule has 2 unspecified atom stereocenters. The van der Waals surface area contributed by atoms with E-state index >= 15 is 0 Å². The summed E-state index contributed by atoms with van der Waals surface area (Å²) in [7, 11) is 0. The number of aliphatic hydroxyl groups excluding tert-OH is 1. The van der Waals surface area contributed by atoms with Crippen LogP contribution in [0, 0.1) is 0 Å². The Morgan fingerprint density at radius 1 is 0.394 bits per heavy atom. The summed E-state index contributed by atoms with van der Waals surface area (Å²) in [4.78, 5) is 0. The number of benzene rings is 8. The van der Waals surface area contributed by atoms with Crippen LogP contribution in [-0.4, -0.2) is 40.9 Å². The van der Waals surface area contributed by atoms with Crippen molar-refractivity contribution < 1.29 is 40.9 Å². The van der Waals surface area contributed by atoms with E-state index in [0.29, 0.717) is 47.1 Å². The van der Waals surface area contributed by atoms with Crippen molar-refractivity contribution >= 4 is 0 Å². The maximum atomic E-state index is 12.0. The maximum Gasteiger partial charge on any atom is 0.122 e. The van der Waals surface area contributed by atoms with Crippen molar-refractivity contribution in [3.8, 4) is 40.2 Å². The Kier molecular flexibility index (Phi) is 14.1. The number of allylic oxidation sites excluding steroid dienone is 4. The molecule has 0 aliphatic carbocycles. The van der Waals surface area contributed by atoms with Crippen LogP contribution in [0.4, 0.5) is 0 Å². The lowest BCUT2D eigenvalue weighted by molar-refractivity contribution is 0.431. The monoisotopic (exact) mass is 942 g/mol. The summed E-state index contributed by atoms with van der Waals surface area (Å²) >= 11 is 0. The molecule has 8 aromatic carbocycles. The Hall–Kier alpha value is -8.62. The third-order valence-electron chi connectivity index (χ3n) is 13.8. The van der Waals surface area contributed by atoms with Gasteiger partial charge in [-0.1, -0.05) is 127 Å². The van der Waals surface area contributed by atoms with E-state index in [1.165, 1.54) is 0 Å². The molecule has 0 aliphatic heterocycles. The summed E-state index contributed by atoms with van der Waals surface area (Å²) in [6, 6.07) is 51.5. The second-order valence-electron chi connectivity index (χ2n) is 18.6. The number of hydrogen-bond acceptors (Lipinski definition) is 8. The largest absolute Gasteiger partial charge is 0.508 e. The van der Waals surface area contributed by atoms with Gasteiger partial charge in [0.15, 0.2) is 0 Å². The van der Waals surface area contributed by atoms with Crippen LogP contribution in [0.1, 0.15) is 93.1 Å². The van der Waals surface area contributed by atoms with Gasteiger partial charge in [0.25, 0.3) is 0 Å². The van der Waals surface area contributed by atoms with Gasteiger partial charge in [0.05, 0.1) is 0 Å². The number of hydrogen-bond donors (Lipinski definition) is 8. The second-order valence-corrected chi connectivity index (χ2v) is 18.6. The molecule has 8 rings (SSSR count). The first-order chi connectivity index (χ1) is 34.0. The van der Waals surface area contributed by atoms with Crippen molar-refractivity contribution in [3.63, 3.8) is 0 Å². The summed E-state index contributed by atoms with van der Waals surface area (Å²) < 4.78 is 0. The molecule has 0 fully saturated rings. The molecule has 0 bridgehead atoms. The predicted octanol–water partition coefficient (Wildman–Crippen LogP) is 13.2. The van der Waals surface area contributed by atoms with Gasteiger partial charge < -0.3 is 40.9 Å². The van der Waals surface area contributed by atoms with Gasteiger partial charge in [0, 0.05) is 36.5 Å². The molecule has 0 saturated heterocycles. The molecule has 0 amide bonds. The minimum absolute atomic E-state index is 0.0939. The number of aliphatic hydroxyl groups is 1. The van der Waals surface area contributed by atoms with Gasteiger partial charge >= 0.3 is 0 Å². The van der Waals surface area contributed by atoms with Gasteiger partial charge in [0.1, 0.15) is 46.0 Å². The summed E-state index contributed by atoms with van der Waals surface area (Å²) in [6.45, 7) is 10.2. The Morgan fingerprint density at radius 3 is 0.972 bits per heavy atom. The molecule has 8 nitrogen and oxygen atoms in total. The van der Waals surface area contributed by atoms with E-state index in [9.17, 15) is 40.9 Å². The molecule has 0 saturated carbocycles. The van der Waals surface area contributed by atoms with Crippen LogP contribution in [0.15, 0.2) is 206 Å². The van der Waals surface area contributed by atoms with Crippen molar-refractivity contribution in [2.75, 3.05) is 0 Å². The average Bonchev–Trinajstić information content (AvgIpc) is 3.37. The Morgan fingerprint density at radius 2 is 0.662 bits per heavy atom. The highest BCUT2D eigenvalue weighted by Gasteiger charge is 2.36. The highest BCUT2D eigenvalue weighted by atomic mass is 16.3. The Bertz CT molecular complexity index is 3160. The van der Waals surface area contributed by atoms with Crippen LogP contribution < -0.4 is 0 Å². The molecule has 0 radical (unpaired) electrons. The zero-order valence-electron chi connectivity index (χ0n) is 40.0. The lowest BCUT2D eigenvalue weighted by atomic mass is 9.67. The average molecular weight is 943 g/mol. The molecular weight excluding hydrogens is 885 g/mol. The van der Waals surface area contributed by atoms with Crippen molar-refractivity contribution in [3.05, 3.63) is 278 Å². The quantitative estimate of drug-likeness (QED) is 0.0270. The minimum atomic E-state index is -0.874. The molecule has 0 heterocycles. The smallest absolute Gasteiger partial charge is 0.122 e. The molecule has 8 N–H and O–H groups in total. The van der Waals surface area contributed by atoms with E-state index in [4.69, 9.17) is 0 Å².